The highest BCUT2D eigenvalue weighted by Crippen LogP contribution is 2.45. The molecule has 4 N–H and O–H groups in total. The molecule has 0 amide bonds. The number of ether oxygens (including phenoxy) is 3. The normalized spacial score (nSPS) is 14.5. The molecule has 0 aromatic rings. The van der Waals surface area contributed by atoms with Crippen molar-refractivity contribution in [2.45, 2.75) is 386 Å². The zero-order valence-electron chi connectivity index (χ0n) is 66.6. The monoisotopic (exact) mass is 1520 g/mol. The van der Waals surface area contributed by atoms with Gasteiger partial charge in [0.05, 0.1) is 26.4 Å². The number of hydrogen-bond acceptors (Lipinski definition) is 14. The Balaban J connectivity index is 4.44. The summed E-state index contributed by atoms with van der Waals surface area (Å²) in [5.41, 5.74) is 0. The first-order chi connectivity index (χ1) is 51.2. The Morgan fingerprint density at radius 3 is 0.819 bits per heavy atom. The van der Waals surface area contributed by atoms with E-state index in [0.29, 0.717) is 19.3 Å². The molecule has 18 heteroatoms. The summed E-state index contributed by atoms with van der Waals surface area (Å²) in [6, 6.07) is 0. The molecule has 0 aliphatic carbocycles. The smallest absolute Gasteiger partial charge is 0.463 e. The van der Waals surface area contributed by atoms with E-state index in [1.165, 1.54) is 180 Å². The minimum Gasteiger partial charge on any atom is -0.463 e. The molecule has 16 nitrogen and oxygen atoms in total. The third-order valence-electron chi connectivity index (χ3n) is 18.0. The van der Waals surface area contributed by atoms with Crippen molar-refractivity contribution in [3.63, 3.8) is 0 Å². The van der Waals surface area contributed by atoms with Crippen LogP contribution in [0.15, 0.2) is 109 Å². The average Bonchev–Trinajstić information content (AvgIpc) is 0.913. The van der Waals surface area contributed by atoms with Gasteiger partial charge < -0.3 is 34.2 Å². The van der Waals surface area contributed by atoms with Crippen LogP contribution in [0.1, 0.15) is 367 Å². The number of rotatable bonds is 80. The fourth-order valence-corrected chi connectivity index (χ4v) is 13.2. The SMILES string of the molecule is CC/C=C\C/C=C\C/C=C\C/C=C\C/C=C\CCCCCCCCCCCCCCCCCC(=O)OCC(O)COP(=O)(O)OCC(O)COP(=O)(O)OCC(COC(=O)CCCCCCCCCCC/C=C\C/C=C\C/C=C\C/C=C\CCCCC)OC(=O)CCCCCCCCCCCCCCC. The molecule has 0 saturated carbocycles. The highest BCUT2D eigenvalue weighted by molar-refractivity contribution is 7.47. The Morgan fingerprint density at radius 2 is 0.505 bits per heavy atom. The first kappa shape index (κ1) is 101. The van der Waals surface area contributed by atoms with E-state index in [9.17, 15) is 43.5 Å². The summed E-state index contributed by atoms with van der Waals surface area (Å²) < 4.78 is 61.2. The van der Waals surface area contributed by atoms with Crippen LogP contribution in [0.4, 0.5) is 0 Å². The van der Waals surface area contributed by atoms with E-state index in [1.54, 1.807) is 0 Å². The van der Waals surface area contributed by atoms with Gasteiger partial charge in [0.2, 0.25) is 0 Å². The Bertz CT molecular complexity index is 2340. The summed E-state index contributed by atoms with van der Waals surface area (Å²) in [6.45, 7) is 2.58. The lowest BCUT2D eigenvalue weighted by Gasteiger charge is -2.21. The molecule has 608 valence electrons. The van der Waals surface area contributed by atoms with Gasteiger partial charge in [0.25, 0.3) is 0 Å². The summed E-state index contributed by atoms with van der Waals surface area (Å²) in [6.07, 6.45) is 94.3. The van der Waals surface area contributed by atoms with E-state index >= 15 is 0 Å². The standard InChI is InChI=1S/C87H154O16P2/c1-4-7-10-13-16-19-22-25-27-29-31-33-35-37-38-39-40-41-42-44-46-47-49-51-53-56-58-61-64-67-70-73-85(90)97-76-82(88)77-99-104(93,94)100-78-83(89)79-101-105(95,96)102-81-84(103-87(92)75-72-69-66-63-60-55-24-21-18-15-12-9-6-3)80-98-86(91)74-71-68-65-62-59-57-54-52-50-48-45-43-36-34-32-30-28-26-23-20-17-14-11-8-5-2/h7,10,16-17,19-20,25-28,31-34,37-38,43,45,82-84,88-89H,4-6,8-9,11-15,18,21-24,29-30,35-36,39-42,44,46-81H2,1-3H3,(H,93,94)(H,95,96)/b10-7-,19-16-,20-17-,27-25-,28-26-,33-31-,34-32-,38-37-,45-43-. The predicted molar refractivity (Wildman–Crippen MR) is 436 cm³/mol. The van der Waals surface area contributed by atoms with E-state index in [4.69, 9.17) is 32.3 Å². The molecule has 0 aliphatic heterocycles. The second kappa shape index (κ2) is 79.8. The number of aliphatic hydroxyl groups is 2. The molecule has 0 radical (unpaired) electrons. The van der Waals surface area contributed by atoms with E-state index in [2.05, 4.69) is 130 Å². The largest absolute Gasteiger partial charge is 0.472 e. The molecular weight excluding hydrogens is 1360 g/mol. The zero-order chi connectivity index (χ0) is 76.6. The van der Waals surface area contributed by atoms with Crippen molar-refractivity contribution in [3.8, 4) is 0 Å². The molecule has 0 fully saturated rings. The third kappa shape index (κ3) is 81.0. The van der Waals surface area contributed by atoms with Crippen LogP contribution in [-0.4, -0.2) is 95.9 Å². The molecule has 0 saturated heterocycles. The van der Waals surface area contributed by atoms with E-state index in [-0.39, 0.29) is 19.3 Å². The summed E-state index contributed by atoms with van der Waals surface area (Å²) in [5, 5.41) is 20.7. The second-order valence-electron chi connectivity index (χ2n) is 28.3. The van der Waals surface area contributed by atoms with Gasteiger partial charge in [-0.2, -0.15) is 0 Å². The molecule has 0 rings (SSSR count). The van der Waals surface area contributed by atoms with E-state index in [1.807, 2.05) is 0 Å². The van der Waals surface area contributed by atoms with Gasteiger partial charge in [-0.15, -0.1) is 0 Å². The van der Waals surface area contributed by atoms with E-state index in [0.717, 1.165) is 128 Å². The van der Waals surface area contributed by atoms with Gasteiger partial charge in [0.15, 0.2) is 6.10 Å². The fraction of sp³-hybridized carbons (Fsp3) is 0.759. The van der Waals surface area contributed by atoms with Gasteiger partial charge in [-0.05, 0) is 109 Å². The van der Waals surface area contributed by atoms with Gasteiger partial charge in [-0.1, -0.05) is 348 Å². The van der Waals surface area contributed by atoms with Crippen LogP contribution in [0, 0.1) is 0 Å². The highest BCUT2D eigenvalue weighted by atomic mass is 31.2. The Hall–Kier alpha value is -3.79. The minimum atomic E-state index is -4.93. The number of carbonyl (C=O) groups is 3. The van der Waals surface area contributed by atoms with Gasteiger partial charge in [0.1, 0.15) is 25.4 Å². The molecule has 0 bridgehead atoms. The molecular formula is C87H154O16P2. The summed E-state index contributed by atoms with van der Waals surface area (Å²) in [5.74, 6) is -1.56. The average molecular weight is 1520 g/mol. The number of carbonyl (C=O) groups excluding carboxylic acids is 3. The number of allylic oxidation sites excluding steroid dienone is 18. The second-order valence-corrected chi connectivity index (χ2v) is 31.2. The van der Waals surface area contributed by atoms with Gasteiger partial charge >= 0.3 is 33.6 Å². The van der Waals surface area contributed by atoms with Crippen LogP contribution in [-0.2, 0) is 55.8 Å². The van der Waals surface area contributed by atoms with Crippen LogP contribution in [0.2, 0.25) is 0 Å². The number of esters is 3. The lowest BCUT2D eigenvalue weighted by molar-refractivity contribution is -0.161. The Kier molecular flexibility index (Phi) is 76.9. The molecule has 5 unspecified atom stereocenters. The zero-order valence-corrected chi connectivity index (χ0v) is 68.4. The molecule has 105 heavy (non-hydrogen) atoms. The maximum atomic E-state index is 13.0. The molecule has 0 aromatic carbocycles. The fourth-order valence-electron chi connectivity index (χ4n) is 11.6. The van der Waals surface area contributed by atoms with Gasteiger partial charge in [-0.25, -0.2) is 9.13 Å². The van der Waals surface area contributed by atoms with Crippen LogP contribution in [0.3, 0.4) is 0 Å². The van der Waals surface area contributed by atoms with Crippen molar-refractivity contribution in [1.82, 2.24) is 0 Å². The molecule has 0 aromatic heterocycles. The van der Waals surface area contributed by atoms with Crippen LogP contribution in [0.25, 0.3) is 0 Å². The van der Waals surface area contributed by atoms with E-state index < -0.39 is 91.5 Å². The first-order valence-electron chi connectivity index (χ1n) is 42.2. The number of hydrogen-bond donors (Lipinski definition) is 4. The van der Waals surface area contributed by atoms with Crippen molar-refractivity contribution < 1.29 is 75.8 Å². The van der Waals surface area contributed by atoms with Gasteiger partial charge in [0, 0.05) is 19.3 Å². The topological polar surface area (TPSA) is 231 Å². The Morgan fingerprint density at radius 1 is 0.276 bits per heavy atom. The summed E-state index contributed by atoms with van der Waals surface area (Å²) in [7, 11) is -9.78. The predicted octanol–water partition coefficient (Wildman–Crippen LogP) is 25.1. The molecule has 5 atom stereocenters. The van der Waals surface area contributed by atoms with Crippen molar-refractivity contribution in [2.24, 2.45) is 0 Å². The van der Waals surface area contributed by atoms with Crippen molar-refractivity contribution >= 4 is 33.6 Å². The van der Waals surface area contributed by atoms with Crippen molar-refractivity contribution in [2.75, 3.05) is 39.6 Å². The highest BCUT2D eigenvalue weighted by Gasteiger charge is 2.29. The van der Waals surface area contributed by atoms with Gasteiger partial charge in [-0.3, -0.25) is 32.5 Å². The number of aliphatic hydroxyl groups excluding tert-OH is 2. The molecule has 0 spiro atoms. The quantitative estimate of drug-likeness (QED) is 0.0146. The number of phosphoric acid groups is 2. The van der Waals surface area contributed by atoms with Crippen molar-refractivity contribution in [3.05, 3.63) is 109 Å². The first-order valence-corrected chi connectivity index (χ1v) is 45.2. The molecule has 0 aliphatic rings. The lowest BCUT2D eigenvalue weighted by Crippen LogP contribution is -2.30. The lowest BCUT2D eigenvalue weighted by atomic mass is 10.0. The third-order valence-corrected chi connectivity index (χ3v) is 19.9. The minimum absolute atomic E-state index is 0.107. The molecule has 0 heterocycles. The number of unbranched alkanes of at least 4 members (excludes halogenated alkanes) is 39. The maximum Gasteiger partial charge on any atom is 0.472 e. The summed E-state index contributed by atoms with van der Waals surface area (Å²) in [4.78, 5) is 58.7. The maximum absolute atomic E-state index is 13.0. The number of phosphoric ester groups is 2. The summed E-state index contributed by atoms with van der Waals surface area (Å²) >= 11 is 0. The van der Waals surface area contributed by atoms with Crippen LogP contribution < -0.4 is 0 Å². The van der Waals surface area contributed by atoms with Crippen LogP contribution in [0.5, 0.6) is 0 Å². The van der Waals surface area contributed by atoms with Crippen molar-refractivity contribution in [1.29, 1.82) is 0 Å². The Labute approximate surface area is 640 Å². The van der Waals surface area contributed by atoms with Crippen LogP contribution >= 0.6 is 15.6 Å².